The number of fused-ring (bicyclic) bond motifs is 1. The summed E-state index contributed by atoms with van der Waals surface area (Å²) < 4.78 is 1.49. The van der Waals surface area contributed by atoms with E-state index in [1.165, 1.54) is 43.1 Å². The summed E-state index contributed by atoms with van der Waals surface area (Å²) in [5.74, 6) is 2.66. The van der Waals surface area contributed by atoms with Crippen LogP contribution in [0.5, 0.6) is 0 Å². The monoisotopic (exact) mass is 532 g/mol. The van der Waals surface area contributed by atoms with Gasteiger partial charge in [-0.3, -0.25) is 39.4 Å². The molecular formula is C30H40N6O3. The third kappa shape index (κ3) is 4.72. The van der Waals surface area contributed by atoms with Crippen LogP contribution >= 0.6 is 0 Å². The van der Waals surface area contributed by atoms with E-state index in [-0.39, 0.29) is 17.9 Å². The molecule has 3 heterocycles. The van der Waals surface area contributed by atoms with Gasteiger partial charge in [-0.05, 0) is 81.3 Å². The number of hydrogen-bond acceptors (Lipinski definition) is 7. The average Bonchev–Trinajstić information content (AvgIpc) is 2.89. The number of rotatable bonds is 6. The Labute approximate surface area is 229 Å². The second kappa shape index (κ2) is 9.78. The van der Waals surface area contributed by atoms with E-state index in [1.54, 1.807) is 6.92 Å². The molecule has 1 aromatic carbocycles. The summed E-state index contributed by atoms with van der Waals surface area (Å²) in [7, 11) is 0. The predicted molar refractivity (Wildman–Crippen MR) is 148 cm³/mol. The maximum atomic E-state index is 13.8. The molecular weight excluding hydrogens is 492 g/mol. The molecule has 2 saturated heterocycles. The SMILES string of the molecule is Cc1nc2cccc(CN3CCN(CNC45CC6CC(CC(C6)C4)C5)CC3)c2c(=O)n1C1CCC(=O)NC1=O. The van der Waals surface area contributed by atoms with Crippen LogP contribution in [0.15, 0.2) is 23.0 Å². The number of nitrogens with zero attached hydrogens (tertiary/aromatic N) is 4. The smallest absolute Gasteiger partial charge is 0.262 e. The second-order valence-corrected chi connectivity index (χ2v) is 13.0. The summed E-state index contributed by atoms with van der Waals surface area (Å²) >= 11 is 0. The number of amides is 2. The van der Waals surface area contributed by atoms with Gasteiger partial charge in [0, 0.05) is 51.4 Å². The van der Waals surface area contributed by atoms with Crippen LogP contribution in [0.4, 0.5) is 0 Å². The number of piperidine rings is 1. The summed E-state index contributed by atoms with van der Waals surface area (Å²) in [5.41, 5.74) is 1.81. The maximum absolute atomic E-state index is 13.8. The van der Waals surface area contributed by atoms with Crippen LogP contribution in [0, 0.1) is 24.7 Å². The van der Waals surface area contributed by atoms with E-state index in [9.17, 15) is 14.4 Å². The van der Waals surface area contributed by atoms with Crippen molar-refractivity contribution in [2.75, 3.05) is 32.8 Å². The molecule has 4 bridgehead atoms. The van der Waals surface area contributed by atoms with Gasteiger partial charge in [0.25, 0.3) is 5.56 Å². The Morgan fingerprint density at radius 1 is 0.974 bits per heavy atom. The standard InChI is InChI=1S/C30H40N6O3/c1-19-32-24-4-2-3-23(27(24)29(39)36(19)25-5-6-26(37)33-28(25)38)17-34-7-9-35(10-8-34)18-31-30-14-20-11-21(15-30)13-22(12-20)16-30/h2-4,20-22,25,31H,5-18H2,1H3,(H,33,37,38). The number of piperazine rings is 1. The lowest BCUT2D eigenvalue weighted by Gasteiger charge is -2.57. The molecule has 208 valence electrons. The van der Waals surface area contributed by atoms with Crippen molar-refractivity contribution in [3.05, 3.63) is 39.9 Å². The van der Waals surface area contributed by atoms with E-state index in [0.717, 1.165) is 56.2 Å². The van der Waals surface area contributed by atoms with Crippen LogP contribution in [0.2, 0.25) is 0 Å². The van der Waals surface area contributed by atoms with Crippen LogP contribution in [0.1, 0.15) is 68.8 Å². The molecule has 1 unspecified atom stereocenters. The number of benzene rings is 1. The van der Waals surface area contributed by atoms with Crippen molar-refractivity contribution in [2.24, 2.45) is 17.8 Å². The molecule has 1 aromatic heterocycles. The first kappa shape index (κ1) is 25.4. The number of nitrogens with one attached hydrogen (secondary N) is 2. The quantitative estimate of drug-likeness (QED) is 0.551. The van der Waals surface area contributed by atoms with Crippen molar-refractivity contribution < 1.29 is 9.59 Å². The van der Waals surface area contributed by atoms with Crippen molar-refractivity contribution in [2.45, 2.75) is 76.4 Å². The predicted octanol–water partition coefficient (Wildman–Crippen LogP) is 2.32. The molecule has 9 nitrogen and oxygen atoms in total. The zero-order chi connectivity index (χ0) is 26.7. The third-order valence-electron chi connectivity index (χ3n) is 10.3. The lowest BCUT2D eigenvalue weighted by molar-refractivity contribution is -0.135. The third-order valence-corrected chi connectivity index (χ3v) is 10.3. The van der Waals surface area contributed by atoms with Crippen LogP contribution in [-0.4, -0.2) is 69.6 Å². The van der Waals surface area contributed by atoms with Crippen molar-refractivity contribution in [3.63, 3.8) is 0 Å². The second-order valence-electron chi connectivity index (χ2n) is 13.0. The zero-order valence-electron chi connectivity index (χ0n) is 23.0. The van der Waals surface area contributed by atoms with E-state index in [4.69, 9.17) is 4.98 Å². The fraction of sp³-hybridized carbons (Fsp3) is 0.667. The highest BCUT2D eigenvalue weighted by molar-refractivity contribution is 5.99. The summed E-state index contributed by atoms with van der Waals surface area (Å²) in [6.45, 7) is 7.37. The van der Waals surface area contributed by atoms with E-state index in [0.29, 0.717) is 35.2 Å². The molecule has 4 saturated carbocycles. The topological polar surface area (TPSA) is 99.6 Å². The molecule has 1 atom stereocenters. The van der Waals surface area contributed by atoms with Gasteiger partial charge in [-0.1, -0.05) is 12.1 Å². The van der Waals surface area contributed by atoms with Gasteiger partial charge in [-0.2, -0.15) is 0 Å². The first-order valence-corrected chi connectivity index (χ1v) is 14.9. The zero-order valence-corrected chi connectivity index (χ0v) is 23.0. The molecule has 0 spiro atoms. The Kier molecular flexibility index (Phi) is 6.36. The van der Waals surface area contributed by atoms with Crippen molar-refractivity contribution in [1.29, 1.82) is 0 Å². The fourth-order valence-electron chi connectivity index (χ4n) is 8.80. The molecule has 6 aliphatic rings. The molecule has 2 aliphatic heterocycles. The maximum Gasteiger partial charge on any atom is 0.262 e. The number of imide groups is 1. The largest absolute Gasteiger partial charge is 0.299 e. The highest BCUT2D eigenvalue weighted by Gasteiger charge is 2.50. The molecule has 6 fully saturated rings. The summed E-state index contributed by atoms with van der Waals surface area (Å²) in [5, 5.41) is 7.00. The highest BCUT2D eigenvalue weighted by Crippen LogP contribution is 2.55. The van der Waals surface area contributed by atoms with Crippen LogP contribution < -0.4 is 16.2 Å². The average molecular weight is 533 g/mol. The number of hydrogen-bond donors (Lipinski definition) is 2. The Morgan fingerprint density at radius 3 is 2.31 bits per heavy atom. The minimum atomic E-state index is -0.704. The lowest BCUT2D eigenvalue weighted by atomic mass is 9.53. The Bertz CT molecular complexity index is 1330. The molecule has 0 radical (unpaired) electrons. The number of aromatic nitrogens is 2. The summed E-state index contributed by atoms with van der Waals surface area (Å²) in [6, 6.07) is 5.14. The summed E-state index contributed by atoms with van der Waals surface area (Å²) in [6.07, 6.45) is 9.10. The van der Waals surface area contributed by atoms with Gasteiger partial charge < -0.3 is 0 Å². The van der Waals surface area contributed by atoms with Crippen LogP contribution in [-0.2, 0) is 16.1 Å². The first-order chi connectivity index (χ1) is 18.9. The minimum Gasteiger partial charge on any atom is -0.299 e. The molecule has 9 heteroatoms. The van der Waals surface area contributed by atoms with Gasteiger partial charge in [0.05, 0.1) is 10.9 Å². The lowest BCUT2D eigenvalue weighted by Crippen LogP contribution is -2.61. The Balaban J connectivity index is 1.02. The summed E-state index contributed by atoms with van der Waals surface area (Å²) in [4.78, 5) is 47.7. The minimum absolute atomic E-state index is 0.194. The molecule has 2 aromatic rings. The molecule has 2 amide bonds. The van der Waals surface area contributed by atoms with Gasteiger partial charge in [0.15, 0.2) is 0 Å². The number of carbonyl (C=O) groups is 2. The van der Waals surface area contributed by atoms with E-state index in [1.807, 2.05) is 18.2 Å². The molecule has 8 rings (SSSR count). The van der Waals surface area contributed by atoms with Crippen molar-refractivity contribution >= 4 is 22.7 Å². The Morgan fingerprint density at radius 2 is 1.64 bits per heavy atom. The van der Waals surface area contributed by atoms with Gasteiger partial charge in [-0.25, -0.2) is 4.98 Å². The van der Waals surface area contributed by atoms with Crippen LogP contribution in [0.25, 0.3) is 10.9 Å². The normalized spacial score (nSPS) is 33.2. The number of carbonyl (C=O) groups excluding carboxylic acids is 2. The van der Waals surface area contributed by atoms with Gasteiger partial charge in [0.2, 0.25) is 11.8 Å². The van der Waals surface area contributed by atoms with Crippen molar-refractivity contribution in [3.8, 4) is 0 Å². The van der Waals surface area contributed by atoms with Crippen molar-refractivity contribution in [1.82, 2.24) is 30.0 Å². The van der Waals surface area contributed by atoms with E-state index in [2.05, 4.69) is 20.4 Å². The molecule has 4 aliphatic carbocycles. The van der Waals surface area contributed by atoms with Gasteiger partial charge >= 0.3 is 0 Å². The fourth-order valence-corrected chi connectivity index (χ4v) is 8.80. The van der Waals surface area contributed by atoms with Gasteiger partial charge in [0.1, 0.15) is 11.9 Å². The number of aryl methyl sites for hydroxylation is 1. The first-order valence-electron chi connectivity index (χ1n) is 14.9. The molecule has 39 heavy (non-hydrogen) atoms. The van der Waals surface area contributed by atoms with Gasteiger partial charge in [-0.15, -0.1) is 0 Å². The van der Waals surface area contributed by atoms with Crippen LogP contribution in [0.3, 0.4) is 0 Å². The van der Waals surface area contributed by atoms with E-state index < -0.39 is 11.9 Å². The Hall–Kier alpha value is -2.62. The highest BCUT2D eigenvalue weighted by atomic mass is 16.2. The molecule has 2 N–H and O–H groups in total. The van der Waals surface area contributed by atoms with E-state index >= 15 is 0 Å².